The molecule has 2 atom stereocenters. The summed E-state index contributed by atoms with van der Waals surface area (Å²) in [5.74, 6) is 0.447. The molecular weight excluding hydrogens is 514 g/mol. The second-order valence-corrected chi connectivity index (χ2v) is 9.88. The second-order valence-electron chi connectivity index (χ2n) is 9.88. The Morgan fingerprint density at radius 1 is 1.12 bits per heavy atom. The zero-order chi connectivity index (χ0) is 28.4. The average Bonchev–Trinajstić information content (AvgIpc) is 3.48. The number of hydrogen-bond acceptors (Lipinski definition) is 7. The summed E-state index contributed by atoms with van der Waals surface area (Å²) < 4.78 is 19.2. The summed E-state index contributed by atoms with van der Waals surface area (Å²) in [5, 5.41) is 10.4. The molecule has 1 aromatic heterocycles. The van der Waals surface area contributed by atoms with Gasteiger partial charge in [-0.15, -0.1) is 0 Å². The molecule has 2 N–H and O–H groups in total. The van der Waals surface area contributed by atoms with Crippen LogP contribution < -0.4 is 24.8 Å². The molecule has 1 saturated heterocycles. The number of likely N-dealkylation sites (tertiary alicyclic amines) is 1. The molecule has 0 aliphatic carbocycles. The lowest BCUT2D eigenvalue weighted by Gasteiger charge is -2.21. The van der Waals surface area contributed by atoms with E-state index in [4.69, 9.17) is 14.2 Å². The summed E-state index contributed by atoms with van der Waals surface area (Å²) in [6.07, 6.45) is -0.495. The van der Waals surface area contributed by atoms with E-state index in [1.807, 2.05) is 49.7 Å². The number of aryl methyl sites for hydroxylation is 2. The van der Waals surface area contributed by atoms with E-state index >= 15 is 0 Å². The van der Waals surface area contributed by atoms with Gasteiger partial charge < -0.3 is 29.7 Å². The van der Waals surface area contributed by atoms with Gasteiger partial charge in [-0.1, -0.05) is 12.1 Å². The highest BCUT2D eigenvalue weighted by atomic mass is 16.5. The van der Waals surface area contributed by atoms with E-state index in [9.17, 15) is 14.4 Å². The number of amides is 3. The monoisotopic (exact) mass is 547 g/mol. The number of hydrogen-bond donors (Lipinski definition) is 2. The minimum Gasteiger partial charge on any atom is -0.493 e. The van der Waals surface area contributed by atoms with Gasteiger partial charge in [-0.05, 0) is 56.7 Å². The van der Waals surface area contributed by atoms with Gasteiger partial charge in [0.05, 0.1) is 31.0 Å². The fraction of sp³-hybridized carbons (Fsp3) is 0.379. The Bertz CT molecular complexity index is 1430. The lowest BCUT2D eigenvalue weighted by Crippen LogP contribution is -2.45. The normalized spacial score (nSPS) is 19.1. The number of carbonyl (C=O) groups is 3. The van der Waals surface area contributed by atoms with Crippen molar-refractivity contribution in [3.63, 3.8) is 0 Å². The van der Waals surface area contributed by atoms with Crippen LogP contribution in [0.15, 0.2) is 42.5 Å². The van der Waals surface area contributed by atoms with Crippen molar-refractivity contribution in [3.8, 4) is 17.2 Å². The second kappa shape index (κ2) is 11.3. The van der Waals surface area contributed by atoms with Crippen LogP contribution in [-0.2, 0) is 17.9 Å². The van der Waals surface area contributed by atoms with Gasteiger partial charge in [0, 0.05) is 30.9 Å². The molecule has 1 fully saturated rings. The van der Waals surface area contributed by atoms with Crippen molar-refractivity contribution in [2.75, 3.05) is 26.8 Å². The number of nitrogens with zero attached hydrogens (tertiary/aromatic N) is 3. The largest absolute Gasteiger partial charge is 0.493 e. The molecule has 0 radical (unpaired) electrons. The maximum absolute atomic E-state index is 13.7. The van der Waals surface area contributed by atoms with Gasteiger partial charge in [0.15, 0.2) is 18.1 Å². The van der Waals surface area contributed by atoms with Crippen molar-refractivity contribution in [2.24, 2.45) is 0 Å². The molecule has 4 heterocycles. The minimum absolute atomic E-state index is 0.145. The highest BCUT2D eigenvalue weighted by molar-refractivity contribution is 5.97. The topological polar surface area (TPSA) is 124 Å². The summed E-state index contributed by atoms with van der Waals surface area (Å²) in [4.78, 5) is 41.1. The molecule has 3 aliphatic heterocycles. The average molecular weight is 548 g/mol. The van der Waals surface area contributed by atoms with Crippen LogP contribution in [0.2, 0.25) is 0 Å². The van der Waals surface area contributed by atoms with Crippen molar-refractivity contribution in [2.45, 2.75) is 46.0 Å². The molecule has 0 unspecified atom stereocenters. The van der Waals surface area contributed by atoms with Gasteiger partial charge in [0.2, 0.25) is 0 Å². The number of nitrogens with one attached hydrogen (secondary N) is 2. The maximum atomic E-state index is 13.7. The van der Waals surface area contributed by atoms with E-state index in [1.54, 1.807) is 17.0 Å². The molecule has 3 aliphatic rings. The van der Waals surface area contributed by atoms with E-state index < -0.39 is 12.1 Å². The summed E-state index contributed by atoms with van der Waals surface area (Å²) in [5.41, 5.74) is 3.26. The Hall–Kier alpha value is -4.54. The molecule has 40 heavy (non-hydrogen) atoms. The standard InChI is InChI=1S/C29H33N5O6/c1-5-34-18(3)27(17(2)32-34)29(37)33-14-22-25(15-33)40-21-9-6-19(7-10-21)13-30-26(35)16-39-24-12-20(28(36)31-22)8-11-23(24)38-4/h6-12,22,25H,5,13-16H2,1-4H3,(H,30,35)(H,31,36)/t22-,25-/m0/s1. The SMILES string of the molecule is CCn1nc(C)c(C(=O)N2C[C@@H]3NC(=O)c4ccc(OC)c(c4)OCC(=O)NCc4ccc(cc4)O[C@H]3C2)c1C. The fourth-order valence-electron chi connectivity index (χ4n) is 5.11. The molecule has 2 aromatic carbocycles. The molecular formula is C29H33N5O6. The lowest BCUT2D eigenvalue weighted by molar-refractivity contribution is -0.123. The van der Waals surface area contributed by atoms with Crippen molar-refractivity contribution in [1.29, 1.82) is 0 Å². The van der Waals surface area contributed by atoms with Crippen LogP contribution in [-0.4, -0.2) is 71.4 Å². The Balaban J connectivity index is 1.46. The zero-order valence-corrected chi connectivity index (χ0v) is 23.0. The third kappa shape index (κ3) is 5.45. The number of benzene rings is 2. The number of fused-ring (bicyclic) bond motifs is 7. The highest BCUT2D eigenvalue weighted by Crippen LogP contribution is 2.29. The first-order valence-electron chi connectivity index (χ1n) is 13.2. The quantitative estimate of drug-likeness (QED) is 0.515. The molecule has 0 spiro atoms. The predicted octanol–water partition coefficient (Wildman–Crippen LogP) is 2.24. The van der Waals surface area contributed by atoms with Crippen LogP contribution in [0.5, 0.6) is 17.2 Å². The smallest absolute Gasteiger partial charge is 0.258 e. The fourth-order valence-corrected chi connectivity index (χ4v) is 5.11. The van der Waals surface area contributed by atoms with E-state index in [0.29, 0.717) is 41.4 Å². The molecule has 11 heteroatoms. The number of aromatic nitrogens is 2. The number of rotatable bonds is 3. The van der Waals surface area contributed by atoms with Crippen LogP contribution in [0.25, 0.3) is 0 Å². The van der Waals surface area contributed by atoms with E-state index in [2.05, 4.69) is 15.7 Å². The van der Waals surface area contributed by atoms with Gasteiger partial charge in [-0.25, -0.2) is 0 Å². The number of ether oxygens (including phenoxy) is 3. The molecule has 11 nitrogen and oxygen atoms in total. The van der Waals surface area contributed by atoms with E-state index in [1.165, 1.54) is 13.2 Å². The van der Waals surface area contributed by atoms with Crippen LogP contribution in [0, 0.1) is 13.8 Å². The maximum Gasteiger partial charge on any atom is 0.258 e. The van der Waals surface area contributed by atoms with E-state index in [-0.39, 0.29) is 43.2 Å². The van der Waals surface area contributed by atoms with Crippen molar-refractivity contribution in [1.82, 2.24) is 25.3 Å². The van der Waals surface area contributed by atoms with Gasteiger partial charge in [-0.2, -0.15) is 5.10 Å². The van der Waals surface area contributed by atoms with Crippen molar-refractivity contribution >= 4 is 17.7 Å². The summed E-state index contributed by atoms with van der Waals surface area (Å²) in [6, 6.07) is 11.6. The molecule has 4 bridgehead atoms. The minimum atomic E-state index is -0.495. The van der Waals surface area contributed by atoms with Crippen LogP contribution in [0.1, 0.15) is 44.6 Å². The Morgan fingerprint density at radius 3 is 2.60 bits per heavy atom. The third-order valence-corrected chi connectivity index (χ3v) is 7.25. The Labute approximate surface area is 232 Å². The summed E-state index contributed by atoms with van der Waals surface area (Å²) in [6.45, 7) is 7.00. The predicted molar refractivity (Wildman–Crippen MR) is 146 cm³/mol. The first-order chi connectivity index (χ1) is 19.3. The van der Waals surface area contributed by atoms with Crippen molar-refractivity contribution in [3.05, 3.63) is 70.5 Å². The van der Waals surface area contributed by atoms with Gasteiger partial charge >= 0.3 is 0 Å². The molecule has 6 rings (SSSR count). The molecule has 210 valence electrons. The van der Waals surface area contributed by atoms with Gasteiger partial charge in [-0.3, -0.25) is 19.1 Å². The summed E-state index contributed by atoms with van der Waals surface area (Å²) in [7, 11) is 1.49. The van der Waals surface area contributed by atoms with Gasteiger partial charge in [0.25, 0.3) is 17.7 Å². The zero-order valence-electron chi connectivity index (χ0n) is 23.0. The first-order valence-corrected chi connectivity index (χ1v) is 13.2. The van der Waals surface area contributed by atoms with Crippen LogP contribution >= 0.6 is 0 Å². The first kappa shape index (κ1) is 27.0. The Kier molecular flexibility index (Phi) is 7.63. The third-order valence-electron chi connectivity index (χ3n) is 7.25. The lowest BCUT2D eigenvalue weighted by atomic mass is 10.1. The van der Waals surface area contributed by atoms with Crippen LogP contribution in [0.3, 0.4) is 0 Å². The summed E-state index contributed by atoms with van der Waals surface area (Å²) >= 11 is 0. The van der Waals surface area contributed by atoms with Crippen LogP contribution in [0.4, 0.5) is 0 Å². The number of carbonyl (C=O) groups excluding carboxylic acids is 3. The number of methoxy groups -OCH3 is 1. The molecule has 3 amide bonds. The van der Waals surface area contributed by atoms with Gasteiger partial charge in [0.1, 0.15) is 11.9 Å². The van der Waals surface area contributed by atoms with Crippen molar-refractivity contribution < 1.29 is 28.6 Å². The molecule has 0 saturated carbocycles. The highest BCUT2D eigenvalue weighted by Gasteiger charge is 2.39. The Morgan fingerprint density at radius 2 is 1.90 bits per heavy atom. The molecule has 3 aromatic rings. The van der Waals surface area contributed by atoms with E-state index in [0.717, 1.165) is 11.3 Å².